The maximum absolute atomic E-state index is 12.1. The summed E-state index contributed by atoms with van der Waals surface area (Å²) in [6.45, 7) is 1.69. The second-order valence-corrected chi connectivity index (χ2v) is 6.71. The fourth-order valence-electron chi connectivity index (χ4n) is 1.57. The molecule has 0 aliphatic rings. The van der Waals surface area contributed by atoms with Gasteiger partial charge in [-0.05, 0) is 24.6 Å². The molecule has 1 atom stereocenters. The molecule has 8 heteroatoms. The number of aromatic carboxylic acids is 1. The van der Waals surface area contributed by atoms with Crippen LogP contribution in [0.25, 0.3) is 0 Å². The fourth-order valence-corrected chi connectivity index (χ4v) is 3.92. The zero-order chi connectivity index (χ0) is 14.8. The van der Waals surface area contributed by atoms with Crippen LogP contribution in [0.5, 0.6) is 0 Å². The second-order valence-electron chi connectivity index (χ2n) is 4.08. The molecule has 0 aromatic carbocycles. The Morgan fingerprint density at radius 1 is 1.50 bits per heavy atom. The Kier molecular flexibility index (Phi) is 4.17. The van der Waals surface area contributed by atoms with Crippen LogP contribution in [0, 0.1) is 0 Å². The van der Waals surface area contributed by atoms with Crippen molar-refractivity contribution in [1.29, 1.82) is 0 Å². The van der Waals surface area contributed by atoms with E-state index in [0.29, 0.717) is 0 Å². The standard InChI is InChI=1S/C12H12N2O4S2/c1-8(9-3-2-4-13-6-9)14-20(17,18)10-5-11(12(15)16)19-7-10/h2-8,14H,1H3,(H,15,16). The fraction of sp³-hybridized carbons (Fsp3) is 0.167. The van der Waals surface area contributed by atoms with Crippen LogP contribution in [0.3, 0.4) is 0 Å². The summed E-state index contributed by atoms with van der Waals surface area (Å²) in [5, 5.41) is 10.1. The summed E-state index contributed by atoms with van der Waals surface area (Å²) in [5.74, 6) is -1.14. The van der Waals surface area contributed by atoms with Gasteiger partial charge in [0.15, 0.2) is 0 Å². The van der Waals surface area contributed by atoms with Crippen LogP contribution in [-0.4, -0.2) is 24.5 Å². The molecule has 2 heterocycles. The van der Waals surface area contributed by atoms with Gasteiger partial charge in [0.1, 0.15) is 4.88 Å². The lowest BCUT2D eigenvalue weighted by atomic mass is 10.2. The van der Waals surface area contributed by atoms with Crippen LogP contribution in [0.4, 0.5) is 0 Å². The van der Waals surface area contributed by atoms with Gasteiger partial charge in [-0.15, -0.1) is 11.3 Å². The monoisotopic (exact) mass is 312 g/mol. The van der Waals surface area contributed by atoms with Gasteiger partial charge in [0.05, 0.1) is 4.90 Å². The van der Waals surface area contributed by atoms with Crippen molar-refractivity contribution in [2.45, 2.75) is 17.9 Å². The zero-order valence-corrected chi connectivity index (χ0v) is 12.1. The summed E-state index contributed by atoms with van der Waals surface area (Å²) in [4.78, 5) is 14.6. The van der Waals surface area contributed by atoms with Crippen LogP contribution >= 0.6 is 11.3 Å². The van der Waals surface area contributed by atoms with Crippen molar-refractivity contribution in [2.24, 2.45) is 0 Å². The molecule has 0 spiro atoms. The number of aromatic nitrogens is 1. The Morgan fingerprint density at radius 2 is 2.25 bits per heavy atom. The van der Waals surface area contributed by atoms with E-state index in [-0.39, 0.29) is 9.77 Å². The molecule has 0 amide bonds. The number of carbonyl (C=O) groups is 1. The van der Waals surface area contributed by atoms with Crippen molar-refractivity contribution >= 4 is 27.3 Å². The topological polar surface area (TPSA) is 96.4 Å². The lowest BCUT2D eigenvalue weighted by Gasteiger charge is -2.13. The number of rotatable bonds is 5. The van der Waals surface area contributed by atoms with E-state index in [1.807, 2.05) is 0 Å². The highest BCUT2D eigenvalue weighted by atomic mass is 32.2. The van der Waals surface area contributed by atoms with Gasteiger partial charge in [0.2, 0.25) is 10.0 Å². The van der Waals surface area contributed by atoms with E-state index in [0.717, 1.165) is 23.0 Å². The van der Waals surface area contributed by atoms with Crippen molar-refractivity contribution in [3.8, 4) is 0 Å². The van der Waals surface area contributed by atoms with E-state index in [1.54, 1.807) is 31.5 Å². The van der Waals surface area contributed by atoms with Gasteiger partial charge in [0, 0.05) is 23.8 Å². The quantitative estimate of drug-likeness (QED) is 0.878. The Labute approximate surface area is 120 Å². The Balaban J connectivity index is 2.20. The molecule has 1 unspecified atom stereocenters. The van der Waals surface area contributed by atoms with Gasteiger partial charge in [-0.3, -0.25) is 4.98 Å². The van der Waals surface area contributed by atoms with Gasteiger partial charge in [-0.2, -0.15) is 0 Å². The molecular weight excluding hydrogens is 300 g/mol. The molecule has 0 aliphatic carbocycles. The molecular formula is C12H12N2O4S2. The van der Waals surface area contributed by atoms with Crippen LogP contribution in [0.1, 0.15) is 28.2 Å². The largest absolute Gasteiger partial charge is 0.477 e. The summed E-state index contributed by atoms with van der Waals surface area (Å²) in [5.41, 5.74) is 0.727. The third-order valence-electron chi connectivity index (χ3n) is 2.61. The molecule has 0 aliphatic heterocycles. The molecule has 0 saturated heterocycles. The van der Waals surface area contributed by atoms with E-state index in [9.17, 15) is 13.2 Å². The highest BCUT2D eigenvalue weighted by Crippen LogP contribution is 2.21. The van der Waals surface area contributed by atoms with Crippen LogP contribution in [0.2, 0.25) is 0 Å². The van der Waals surface area contributed by atoms with E-state index in [2.05, 4.69) is 9.71 Å². The number of nitrogens with zero attached hydrogens (tertiary/aromatic N) is 1. The number of hydrogen-bond donors (Lipinski definition) is 2. The van der Waals surface area contributed by atoms with E-state index < -0.39 is 22.0 Å². The predicted molar refractivity (Wildman–Crippen MR) is 74.3 cm³/mol. The van der Waals surface area contributed by atoms with Crippen molar-refractivity contribution in [1.82, 2.24) is 9.71 Å². The number of nitrogens with one attached hydrogen (secondary N) is 1. The van der Waals surface area contributed by atoms with Crippen molar-refractivity contribution in [3.05, 3.63) is 46.4 Å². The number of sulfonamides is 1. The third kappa shape index (κ3) is 3.21. The molecule has 0 saturated carbocycles. The van der Waals surface area contributed by atoms with Gasteiger partial charge in [0.25, 0.3) is 0 Å². The first-order chi connectivity index (χ1) is 9.40. The lowest BCUT2D eigenvalue weighted by molar-refractivity contribution is 0.0702. The number of carboxylic acid groups (broad SMARTS) is 1. The van der Waals surface area contributed by atoms with E-state index in [4.69, 9.17) is 5.11 Å². The molecule has 20 heavy (non-hydrogen) atoms. The minimum absolute atomic E-state index is 0.0144. The SMILES string of the molecule is CC(NS(=O)(=O)c1csc(C(=O)O)c1)c1cccnc1. The molecule has 106 valence electrons. The first kappa shape index (κ1) is 14.6. The molecule has 2 aromatic rings. The van der Waals surface area contributed by atoms with Crippen molar-refractivity contribution < 1.29 is 18.3 Å². The molecule has 0 radical (unpaired) electrons. The minimum atomic E-state index is -3.75. The van der Waals surface area contributed by atoms with Gasteiger partial charge < -0.3 is 5.11 Å². The minimum Gasteiger partial charge on any atom is -0.477 e. The van der Waals surface area contributed by atoms with Crippen molar-refractivity contribution in [2.75, 3.05) is 0 Å². The maximum Gasteiger partial charge on any atom is 0.345 e. The third-order valence-corrected chi connectivity index (χ3v) is 5.20. The lowest BCUT2D eigenvalue weighted by Crippen LogP contribution is -2.26. The van der Waals surface area contributed by atoms with Gasteiger partial charge in [-0.1, -0.05) is 6.07 Å². The summed E-state index contributed by atoms with van der Waals surface area (Å²) >= 11 is 0.876. The summed E-state index contributed by atoms with van der Waals surface area (Å²) in [6.07, 6.45) is 3.17. The molecule has 6 nitrogen and oxygen atoms in total. The molecule has 2 aromatic heterocycles. The van der Waals surface area contributed by atoms with Crippen LogP contribution < -0.4 is 4.72 Å². The molecule has 0 bridgehead atoms. The Morgan fingerprint density at radius 3 is 2.80 bits per heavy atom. The molecule has 2 N–H and O–H groups in total. The number of hydrogen-bond acceptors (Lipinski definition) is 5. The van der Waals surface area contributed by atoms with Crippen molar-refractivity contribution in [3.63, 3.8) is 0 Å². The molecule has 0 fully saturated rings. The first-order valence-corrected chi connectivity index (χ1v) is 8.00. The average molecular weight is 312 g/mol. The second kappa shape index (κ2) is 5.70. The summed E-state index contributed by atoms with van der Waals surface area (Å²) < 4.78 is 26.8. The Hall–Kier alpha value is -1.77. The summed E-state index contributed by atoms with van der Waals surface area (Å²) in [7, 11) is -3.75. The zero-order valence-electron chi connectivity index (χ0n) is 10.5. The number of carboxylic acids is 1. The van der Waals surface area contributed by atoms with Gasteiger partial charge in [-0.25, -0.2) is 17.9 Å². The summed E-state index contributed by atoms with van der Waals surface area (Å²) in [6, 6.07) is 4.16. The number of pyridine rings is 1. The highest BCUT2D eigenvalue weighted by Gasteiger charge is 2.21. The van der Waals surface area contributed by atoms with Crippen LogP contribution in [-0.2, 0) is 10.0 Å². The maximum atomic E-state index is 12.1. The van der Waals surface area contributed by atoms with Gasteiger partial charge >= 0.3 is 5.97 Å². The van der Waals surface area contributed by atoms with E-state index in [1.165, 1.54) is 5.38 Å². The predicted octanol–water partition coefficient (Wildman–Crippen LogP) is 1.88. The normalized spacial score (nSPS) is 13.1. The smallest absolute Gasteiger partial charge is 0.345 e. The molecule has 2 rings (SSSR count). The average Bonchev–Trinajstić information content (AvgIpc) is 2.90. The highest BCUT2D eigenvalue weighted by molar-refractivity contribution is 7.89. The Bertz CT molecular complexity index is 710. The van der Waals surface area contributed by atoms with E-state index >= 15 is 0 Å². The first-order valence-electron chi connectivity index (χ1n) is 5.64. The number of thiophene rings is 1. The van der Waals surface area contributed by atoms with Crippen LogP contribution in [0.15, 0.2) is 40.9 Å².